The van der Waals surface area contributed by atoms with Crippen molar-refractivity contribution in [3.05, 3.63) is 48.0 Å². The highest BCUT2D eigenvalue weighted by Gasteiger charge is 2.25. The molecule has 6 heteroatoms. The van der Waals surface area contributed by atoms with Gasteiger partial charge in [0.2, 0.25) is 0 Å². The van der Waals surface area contributed by atoms with Crippen molar-refractivity contribution in [3.63, 3.8) is 0 Å². The first-order valence-corrected chi connectivity index (χ1v) is 9.42. The van der Waals surface area contributed by atoms with Gasteiger partial charge in [-0.25, -0.2) is 4.98 Å². The highest BCUT2D eigenvalue weighted by Crippen LogP contribution is 2.33. The first-order chi connectivity index (χ1) is 12.7. The number of carbonyl (C=O) groups is 1. The Morgan fingerprint density at radius 1 is 1.27 bits per heavy atom. The van der Waals surface area contributed by atoms with Crippen LogP contribution < -0.4 is 0 Å². The number of nitrogens with zero attached hydrogens (tertiary/aromatic N) is 4. The smallest absolute Gasteiger partial charge is 0.257 e. The Kier molecular flexibility index (Phi) is 4.73. The van der Waals surface area contributed by atoms with Gasteiger partial charge in [-0.1, -0.05) is 31.4 Å². The zero-order valence-electron chi connectivity index (χ0n) is 15.2. The summed E-state index contributed by atoms with van der Waals surface area (Å²) in [6, 6.07) is 8.06. The number of aromatic amines is 1. The summed E-state index contributed by atoms with van der Waals surface area (Å²) in [6.45, 7) is 1.36. The minimum atomic E-state index is 0.0451. The van der Waals surface area contributed by atoms with Crippen LogP contribution in [0.1, 0.15) is 54.1 Å². The van der Waals surface area contributed by atoms with E-state index < -0.39 is 0 Å². The van der Waals surface area contributed by atoms with Gasteiger partial charge in [0.05, 0.1) is 34.8 Å². The van der Waals surface area contributed by atoms with Crippen molar-refractivity contribution >= 4 is 16.9 Å². The number of hydrogen-bond donors (Lipinski definition) is 1. The van der Waals surface area contributed by atoms with Crippen molar-refractivity contribution in [2.75, 3.05) is 13.6 Å². The van der Waals surface area contributed by atoms with Crippen molar-refractivity contribution in [1.82, 2.24) is 24.6 Å². The number of fused-ring (bicyclic) bond motifs is 1. The summed E-state index contributed by atoms with van der Waals surface area (Å²) in [7, 11) is 1.86. The van der Waals surface area contributed by atoms with Gasteiger partial charge < -0.3 is 9.47 Å². The Labute approximate surface area is 153 Å². The molecule has 0 bridgehead atoms. The van der Waals surface area contributed by atoms with Crippen LogP contribution in [-0.2, 0) is 6.54 Å². The third-order valence-corrected chi connectivity index (χ3v) is 5.46. The van der Waals surface area contributed by atoms with Crippen LogP contribution in [0.5, 0.6) is 0 Å². The van der Waals surface area contributed by atoms with Crippen molar-refractivity contribution < 1.29 is 4.79 Å². The lowest BCUT2D eigenvalue weighted by atomic mass is 9.85. The Morgan fingerprint density at radius 3 is 2.92 bits per heavy atom. The molecule has 2 aromatic heterocycles. The molecule has 2 heterocycles. The van der Waals surface area contributed by atoms with Crippen LogP contribution in [0.15, 0.2) is 36.8 Å². The summed E-state index contributed by atoms with van der Waals surface area (Å²) in [5, 5.41) is 7.26. The maximum Gasteiger partial charge on any atom is 0.257 e. The highest BCUT2D eigenvalue weighted by molar-refractivity contribution is 5.95. The van der Waals surface area contributed by atoms with Crippen LogP contribution in [0.25, 0.3) is 11.0 Å². The van der Waals surface area contributed by atoms with Gasteiger partial charge >= 0.3 is 0 Å². The summed E-state index contributed by atoms with van der Waals surface area (Å²) < 4.78 is 2.09. The van der Waals surface area contributed by atoms with Crippen molar-refractivity contribution in [2.24, 2.45) is 0 Å². The number of H-pyrrole nitrogens is 1. The van der Waals surface area contributed by atoms with E-state index in [1.54, 1.807) is 11.1 Å². The largest absolute Gasteiger partial charge is 0.340 e. The monoisotopic (exact) mass is 351 g/mol. The molecule has 4 rings (SSSR count). The molecule has 6 nitrogen and oxygen atoms in total. The summed E-state index contributed by atoms with van der Waals surface area (Å²) in [4.78, 5) is 19.1. The second-order valence-corrected chi connectivity index (χ2v) is 7.19. The van der Waals surface area contributed by atoms with Crippen LogP contribution >= 0.6 is 0 Å². The van der Waals surface area contributed by atoms with Crippen LogP contribution in [0.3, 0.4) is 0 Å². The Morgan fingerprint density at radius 2 is 2.08 bits per heavy atom. The fourth-order valence-electron chi connectivity index (χ4n) is 3.92. The van der Waals surface area contributed by atoms with Crippen LogP contribution in [0.2, 0.25) is 0 Å². The average Bonchev–Trinajstić information content (AvgIpc) is 3.33. The lowest BCUT2D eigenvalue weighted by molar-refractivity contribution is 0.0789. The van der Waals surface area contributed by atoms with Gasteiger partial charge in [0, 0.05) is 26.1 Å². The summed E-state index contributed by atoms with van der Waals surface area (Å²) in [5.74, 6) is 0.486. The molecule has 1 aliphatic rings. The number of para-hydroxylation sites is 2. The lowest BCUT2D eigenvalue weighted by Gasteiger charge is -2.23. The predicted molar refractivity (Wildman–Crippen MR) is 101 cm³/mol. The number of rotatable bonds is 5. The van der Waals surface area contributed by atoms with Crippen molar-refractivity contribution in [1.29, 1.82) is 0 Å². The minimum absolute atomic E-state index is 0.0451. The molecule has 0 saturated heterocycles. The molecule has 1 fully saturated rings. The van der Waals surface area contributed by atoms with E-state index in [-0.39, 0.29) is 5.91 Å². The van der Waals surface area contributed by atoms with Gasteiger partial charge in [0.25, 0.3) is 5.91 Å². The number of aromatic nitrogens is 4. The number of benzene rings is 1. The summed E-state index contributed by atoms with van der Waals surface area (Å²) in [6.07, 6.45) is 9.60. The standard InChI is InChI=1S/C20H25N5O/c1-24(11-12-25-14-21-17-9-5-6-10-18(17)25)20(26)16-13-22-23-19(16)15-7-3-2-4-8-15/h5-6,9-10,13-15H,2-4,7-8,11-12H2,1H3,(H,22,23). The van der Waals surface area contributed by atoms with Gasteiger partial charge in [0.1, 0.15) is 0 Å². The normalized spacial score (nSPS) is 15.4. The maximum atomic E-state index is 12.9. The van der Waals surface area contributed by atoms with Gasteiger partial charge in [-0.3, -0.25) is 9.89 Å². The zero-order chi connectivity index (χ0) is 17.9. The van der Waals surface area contributed by atoms with E-state index >= 15 is 0 Å². The highest BCUT2D eigenvalue weighted by atomic mass is 16.2. The third kappa shape index (κ3) is 3.23. The molecule has 1 N–H and O–H groups in total. The Hall–Kier alpha value is -2.63. The van der Waals surface area contributed by atoms with E-state index in [1.807, 2.05) is 31.6 Å². The van der Waals surface area contributed by atoms with Crippen LogP contribution in [0, 0.1) is 0 Å². The second-order valence-electron chi connectivity index (χ2n) is 7.19. The summed E-state index contributed by atoms with van der Waals surface area (Å²) >= 11 is 0. The molecule has 0 unspecified atom stereocenters. The van der Waals surface area contributed by atoms with Crippen molar-refractivity contribution in [3.8, 4) is 0 Å². The topological polar surface area (TPSA) is 66.8 Å². The maximum absolute atomic E-state index is 12.9. The van der Waals surface area contributed by atoms with E-state index in [0.717, 1.165) is 41.7 Å². The van der Waals surface area contributed by atoms with E-state index in [4.69, 9.17) is 0 Å². The number of amides is 1. The molecule has 0 radical (unpaired) electrons. The molecule has 1 amide bonds. The number of imidazole rings is 1. The predicted octanol–water partition coefficient (Wildman–Crippen LogP) is 3.58. The van der Waals surface area contributed by atoms with Gasteiger partial charge in [-0.15, -0.1) is 0 Å². The van der Waals surface area contributed by atoms with Crippen LogP contribution in [0.4, 0.5) is 0 Å². The number of hydrogen-bond acceptors (Lipinski definition) is 3. The molecule has 26 heavy (non-hydrogen) atoms. The lowest BCUT2D eigenvalue weighted by Crippen LogP contribution is -2.30. The molecule has 1 aliphatic carbocycles. The average molecular weight is 351 g/mol. The molecule has 3 aromatic rings. The first kappa shape index (κ1) is 16.8. The third-order valence-electron chi connectivity index (χ3n) is 5.46. The van der Waals surface area contributed by atoms with E-state index in [0.29, 0.717) is 12.5 Å². The number of nitrogens with one attached hydrogen (secondary N) is 1. The molecular weight excluding hydrogens is 326 g/mol. The van der Waals surface area contributed by atoms with E-state index in [1.165, 1.54) is 19.3 Å². The van der Waals surface area contributed by atoms with E-state index in [9.17, 15) is 4.79 Å². The Balaban J connectivity index is 1.44. The van der Waals surface area contributed by atoms with Crippen LogP contribution in [-0.4, -0.2) is 44.1 Å². The molecule has 0 spiro atoms. The van der Waals surface area contributed by atoms with Gasteiger partial charge in [0.15, 0.2) is 0 Å². The molecule has 1 saturated carbocycles. The van der Waals surface area contributed by atoms with Gasteiger partial charge in [-0.05, 0) is 25.0 Å². The quantitative estimate of drug-likeness (QED) is 0.764. The van der Waals surface area contributed by atoms with Gasteiger partial charge in [-0.2, -0.15) is 5.10 Å². The molecular formula is C20H25N5O. The number of likely N-dealkylation sites (N-methyl/N-ethyl adjacent to an activating group) is 1. The second kappa shape index (κ2) is 7.32. The summed E-state index contributed by atoms with van der Waals surface area (Å²) in [5.41, 5.74) is 3.83. The minimum Gasteiger partial charge on any atom is -0.340 e. The van der Waals surface area contributed by atoms with Crippen molar-refractivity contribution in [2.45, 2.75) is 44.6 Å². The molecule has 0 atom stereocenters. The fraction of sp³-hybridized carbons (Fsp3) is 0.450. The SMILES string of the molecule is CN(CCn1cnc2ccccc21)C(=O)c1cn[nH]c1C1CCCCC1. The molecule has 136 valence electrons. The fourth-order valence-corrected chi connectivity index (χ4v) is 3.92. The molecule has 0 aliphatic heterocycles. The number of carbonyl (C=O) groups excluding carboxylic acids is 1. The first-order valence-electron chi connectivity index (χ1n) is 9.42. The zero-order valence-corrected chi connectivity index (χ0v) is 15.2. The van der Waals surface area contributed by atoms with E-state index in [2.05, 4.69) is 25.8 Å². The Bertz CT molecular complexity index is 890. The molecule has 1 aromatic carbocycles.